The SMILES string of the molecule is C[n+]1c(-c2cccc(N)c2)c2cc(O)ccc2c2ccccc21. The molecule has 23 heavy (non-hydrogen) atoms. The standard InChI is InChI=1S/C20H16N2O/c1-22-19-8-3-2-7-17(19)16-10-9-15(23)12-18(16)20(22)13-5-4-6-14(21)11-13/h2-12H,21H2,1H3/p+1. The van der Waals surface area contributed by atoms with Gasteiger partial charge in [0.2, 0.25) is 11.2 Å². The molecule has 0 fully saturated rings. The summed E-state index contributed by atoms with van der Waals surface area (Å²) in [5.74, 6) is 0.262. The molecule has 3 heteroatoms. The monoisotopic (exact) mass is 301 g/mol. The van der Waals surface area contributed by atoms with E-state index in [2.05, 4.69) is 16.7 Å². The van der Waals surface area contributed by atoms with Crippen LogP contribution in [0.25, 0.3) is 32.9 Å². The molecule has 0 amide bonds. The predicted molar refractivity (Wildman–Crippen MR) is 94.1 cm³/mol. The van der Waals surface area contributed by atoms with Crippen LogP contribution < -0.4 is 10.3 Å². The number of hydrogen-bond acceptors (Lipinski definition) is 2. The lowest BCUT2D eigenvalue weighted by Crippen LogP contribution is -2.32. The first-order valence-corrected chi connectivity index (χ1v) is 7.54. The maximum Gasteiger partial charge on any atom is 0.220 e. The van der Waals surface area contributed by atoms with Crippen LogP contribution in [0.15, 0.2) is 66.7 Å². The number of nitrogens with zero attached hydrogens (tertiary/aromatic N) is 1. The Bertz CT molecular complexity index is 1050. The summed E-state index contributed by atoms with van der Waals surface area (Å²) in [4.78, 5) is 0. The lowest BCUT2D eigenvalue weighted by atomic mass is 9.99. The molecular formula is C20H17N2O+. The number of fused-ring (bicyclic) bond motifs is 3. The largest absolute Gasteiger partial charge is 0.508 e. The van der Waals surface area contributed by atoms with E-state index < -0.39 is 0 Å². The van der Waals surface area contributed by atoms with Gasteiger partial charge in [-0.25, -0.2) is 0 Å². The zero-order chi connectivity index (χ0) is 16.0. The molecule has 4 rings (SSSR count). The Kier molecular flexibility index (Phi) is 2.95. The molecule has 0 aliphatic heterocycles. The van der Waals surface area contributed by atoms with E-state index in [1.165, 1.54) is 0 Å². The van der Waals surface area contributed by atoms with Crippen LogP contribution in [0.2, 0.25) is 0 Å². The molecule has 0 aliphatic rings. The number of hydrogen-bond donors (Lipinski definition) is 2. The molecule has 3 aromatic carbocycles. The van der Waals surface area contributed by atoms with Gasteiger partial charge in [0.25, 0.3) is 0 Å². The highest BCUT2D eigenvalue weighted by molar-refractivity contribution is 6.09. The minimum Gasteiger partial charge on any atom is -0.508 e. The molecule has 0 aliphatic carbocycles. The minimum atomic E-state index is 0.262. The number of nitrogen functional groups attached to an aromatic ring is 1. The van der Waals surface area contributed by atoms with Crippen molar-refractivity contribution in [3.8, 4) is 17.0 Å². The van der Waals surface area contributed by atoms with Crippen LogP contribution in [0.4, 0.5) is 5.69 Å². The first kappa shape index (κ1) is 13.6. The highest BCUT2D eigenvalue weighted by Gasteiger charge is 2.20. The molecule has 0 spiro atoms. The fraction of sp³-hybridized carbons (Fsp3) is 0.0500. The molecule has 3 N–H and O–H groups in total. The molecule has 0 radical (unpaired) electrons. The number of benzene rings is 3. The second-order valence-corrected chi connectivity index (χ2v) is 5.78. The lowest BCUT2D eigenvalue weighted by molar-refractivity contribution is -0.632. The van der Waals surface area contributed by atoms with Crippen molar-refractivity contribution in [2.45, 2.75) is 0 Å². The van der Waals surface area contributed by atoms with Gasteiger partial charge in [-0.3, -0.25) is 0 Å². The molecule has 0 bridgehead atoms. The first-order valence-electron chi connectivity index (χ1n) is 7.54. The topological polar surface area (TPSA) is 50.1 Å². The third-order valence-corrected chi connectivity index (χ3v) is 4.31. The van der Waals surface area contributed by atoms with Crippen LogP contribution >= 0.6 is 0 Å². The van der Waals surface area contributed by atoms with Gasteiger partial charge in [-0.15, -0.1) is 0 Å². The third kappa shape index (κ3) is 2.09. The van der Waals surface area contributed by atoms with E-state index in [1.807, 2.05) is 55.6 Å². The minimum absolute atomic E-state index is 0.262. The fourth-order valence-corrected chi connectivity index (χ4v) is 3.29. The summed E-state index contributed by atoms with van der Waals surface area (Å²) >= 11 is 0. The van der Waals surface area contributed by atoms with Gasteiger partial charge in [-0.1, -0.05) is 18.2 Å². The average Bonchev–Trinajstić information content (AvgIpc) is 2.55. The maximum absolute atomic E-state index is 9.99. The van der Waals surface area contributed by atoms with Crippen LogP contribution in [0.3, 0.4) is 0 Å². The summed E-state index contributed by atoms with van der Waals surface area (Å²) in [7, 11) is 2.05. The van der Waals surface area contributed by atoms with Crippen molar-refractivity contribution in [1.29, 1.82) is 0 Å². The predicted octanol–water partition coefficient (Wildman–Crippen LogP) is 3.77. The quantitative estimate of drug-likeness (QED) is 0.319. The Balaban J connectivity index is 2.24. The van der Waals surface area contributed by atoms with Gasteiger partial charge in [-0.05, 0) is 42.5 Å². The number of anilines is 1. The van der Waals surface area contributed by atoms with Crippen LogP contribution in [-0.2, 0) is 7.05 Å². The van der Waals surface area contributed by atoms with E-state index >= 15 is 0 Å². The normalized spacial score (nSPS) is 11.2. The van der Waals surface area contributed by atoms with Gasteiger partial charge in [-0.2, -0.15) is 4.57 Å². The van der Waals surface area contributed by atoms with E-state index in [4.69, 9.17) is 5.73 Å². The molecule has 0 unspecified atom stereocenters. The van der Waals surface area contributed by atoms with Crippen molar-refractivity contribution in [3.63, 3.8) is 0 Å². The highest BCUT2D eigenvalue weighted by Crippen LogP contribution is 2.33. The lowest BCUT2D eigenvalue weighted by Gasteiger charge is -2.10. The molecule has 112 valence electrons. The van der Waals surface area contributed by atoms with Crippen molar-refractivity contribution < 1.29 is 9.67 Å². The number of para-hydroxylation sites is 1. The second-order valence-electron chi connectivity index (χ2n) is 5.78. The third-order valence-electron chi connectivity index (χ3n) is 4.31. The van der Waals surface area contributed by atoms with E-state index in [9.17, 15) is 5.11 Å². The number of aromatic nitrogens is 1. The van der Waals surface area contributed by atoms with Gasteiger partial charge in [0.15, 0.2) is 0 Å². The number of nitrogens with two attached hydrogens (primary N) is 1. The summed E-state index contributed by atoms with van der Waals surface area (Å²) in [5.41, 5.74) is 9.92. The zero-order valence-electron chi connectivity index (χ0n) is 12.8. The second kappa shape index (κ2) is 4.99. The number of aryl methyl sites for hydroxylation is 1. The summed E-state index contributed by atoms with van der Waals surface area (Å²) in [6, 6.07) is 21.7. The van der Waals surface area contributed by atoms with Crippen LogP contribution in [-0.4, -0.2) is 5.11 Å². The number of aromatic hydroxyl groups is 1. The van der Waals surface area contributed by atoms with Crippen molar-refractivity contribution in [1.82, 2.24) is 0 Å². The Labute approximate surface area is 134 Å². The van der Waals surface area contributed by atoms with Crippen molar-refractivity contribution in [2.75, 3.05) is 5.73 Å². The average molecular weight is 301 g/mol. The smallest absolute Gasteiger partial charge is 0.220 e. The van der Waals surface area contributed by atoms with E-state index in [1.54, 1.807) is 6.07 Å². The van der Waals surface area contributed by atoms with Gasteiger partial charge < -0.3 is 10.8 Å². The summed E-state index contributed by atoms with van der Waals surface area (Å²) in [6.07, 6.45) is 0. The summed E-state index contributed by atoms with van der Waals surface area (Å²) in [5, 5.41) is 13.3. The zero-order valence-corrected chi connectivity index (χ0v) is 12.8. The molecule has 0 saturated carbocycles. The van der Waals surface area contributed by atoms with Crippen LogP contribution in [0, 0.1) is 0 Å². The number of pyridine rings is 1. The van der Waals surface area contributed by atoms with Crippen molar-refractivity contribution in [2.24, 2.45) is 7.05 Å². The fourth-order valence-electron chi connectivity index (χ4n) is 3.29. The van der Waals surface area contributed by atoms with Gasteiger partial charge in [0.05, 0.1) is 10.8 Å². The Morgan fingerprint density at radius 2 is 1.65 bits per heavy atom. The molecular weight excluding hydrogens is 284 g/mol. The van der Waals surface area contributed by atoms with Crippen molar-refractivity contribution >= 4 is 27.4 Å². The Hall–Kier alpha value is -3.07. The van der Waals surface area contributed by atoms with Gasteiger partial charge in [0.1, 0.15) is 12.8 Å². The number of phenolic OH excluding ortho intramolecular Hbond substituents is 1. The van der Waals surface area contributed by atoms with E-state index in [0.29, 0.717) is 0 Å². The van der Waals surface area contributed by atoms with Crippen LogP contribution in [0.5, 0.6) is 5.75 Å². The van der Waals surface area contributed by atoms with Gasteiger partial charge >= 0.3 is 0 Å². The van der Waals surface area contributed by atoms with Crippen LogP contribution in [0.1, 0.15) is 0 Å². The molecule has 1 heterocycles. The maximum atomic E-state index is 9.99. The molecule has 0 saturated heterocycles. The highest BCUT2D eigenvalue weighted by atomic mass is 16.3. The Morgan fingerprint density at radius 3 is 2.48 bits per heavy atom. The van der Waals surface area contributed by atoms with E-state index in [0.717, 1.165) is 38.6 Å². The van der Waals surface area contributed by atoms with Crippen molar-refractivity contribution in [3.05, 3.63) is 66.7 Å². The number of phenols is 1. The molecule has 1 aromatic heterocycles. The molecule has 0 atom stereocenters. The van der Waals surface area contributed by atoms with E-state index in [-0.39, 0.29) is 5.75 Å². The summed E-state index contributed by atoms with van der Waals surface area (Å²) in [6.45, 7) is 0. The molecule has 4 aromatic rings. The molecule has 3 nitrogen and oxygen atoms in total. The number of rotatable bonds is 1. The first-order chi connectivity index (χ1) is 11.1. The summed E-state index contributed by atoms with van der Waals surface area (Å²) < 4.78 is 2.16. The van der Waals surface area contributed by atoms with Gasteiger partial charge in [0, 0.05) is 22.7 Å². The Morgan fingerprint density at radius 1 is 0.826 bits per heavy atom.